The van der Waals surface area contributed by atoms with Gasteiger partial charge in [-0.1, -0.05) is 24.3 Å². The van der Waals surface area contributed by atoms with E-state index in [9.17, 15) is 14.7 Å². The van der Waals surface area contributed by atoms with Gasteiger partial charge in [-0.3, -0.25) is 14.5 Å². The topological polar surface area (TPSA) is 81.7 Å². The van der Waals surface area contributed by atoms with E-state index in [4.69, 9.17) is 0 Å². The number of likely N-dealkylation sites (tertiary alicyclic amines) is 1. The highest BCUT2D eigenvalue weighted by molar-refractivity contribution is 6.10. The van der Waals surface area contributed by atoms with Crippen molar-refractivity contribution >= 4 is 23.2 Å². The molecule has 3 N–H and O–H groups in total. The second kappa shape index (κ2) is 8.79. The Morgan fingerprint density at radius 1 is 1.15 bits per heavy atom. The van der Waals surface area contributed by atoms with Gasteiger partial charge in [0.05, 0.1) is 23.9 Å². The summed E-state index contributed by atoms with van der Waals surface area (Å²) in [4.78, 5) is 27.0. The normalized spacial score (nSPS) is 17.3. The van der Waals surface area contributed by atoms with Crippen LogP contribution in [-0.4, -0.2) is 47.6 Å². The van der Waals surface area contributed by atoms with Crippen molar-refractivity contribution in [3.05, 3.63) is 59.7 Å². The molecule has 3 rings (SSSR count). The summed E-state index contributed by atoms with van der Waals surface area (Å²) in [5, 5.41) is 15.4. The first-order chi connectivity index (χ1) is 13.0. The summed E-state index contributed by atoms with van der Waals surface area (Å²) in [5.74, 6) is -0.468. The lowest BCUT2D eigenvalue weighted by atomic mass is 10.1. The zero-order chi connectivity index (χ0) is 19.2. The molecule has 1 fully saturated rings. The highest BCUT2D eigenvalue weighted by Crippen LogP contribution is 2.18. The van der Waals surface area contributed by atoms with E-state index in [1.165, 1.54) is 0 Å². The predicted octanol–water partition coefficient (Wildman–Crippen LogP) is 2.64. The molecule has 0 spiro atoms. The number of aryl methyl sites for hydroxylation is 1. The van der Waals surface area contributed by atoms with E-state index in [0.29, 0.717) is 23.5 Å². The zero-order valence-corrected chi connectivity index (χ0v) is 15.4. The van der Waals surface area contributed by atoms with Crippen LogP contribution in [0.5, 0.6) is 0 Å². The summed E-state index contributed by atoms with van der Waals surface area (Å²) < 4.78 is 0. The SMILES string of the molecule is Cc1cccc(NC(=O)c2ccccc2NC(=O)CN2CCCC(O)C2)c1. The highest BCUT2D eigenvalue weighted by Gasteiger charge is 2.20. The number of aliphatic hydroxyl groups is 1. The van der Waals surface area contributed by atoms with Gasteiger partial charge in [-0.2, -0.15) is 0 Å². The number of aliphatic hydroxyl groups excluding tert-OH is 1. The number of anilines is 2. The molecule has 2 amide bonds. The minimum Gasteiger partial charge on any atom is -0.392 e. The van der Waals surface area contributed by atoms with Gasteiger partial charge in [-0.05, 0) is 56.1 Å². The lowest BCUT2D eigenvalue weighted by Crippen LogP contribution is -2.42. The smallest absolute Gasteiger partial charge is 0.257 e. The summed E-state index contributed by atoms with van der Waals surface area (Å²) in [7, 11) is 0. The van der Waals surface area contributed by atoms with Gasteiger partial charge in [0.15, 0.2) is 0 Å². The first kappa shape index (κ1) is 19.1. The Kier molecular flexibility index (Phi) is 6.21. The summed E-state index contributed by atoms with van der Waals surface area (Å²) in [5.41, 5.74) is 2.65. The number of benzene rings is 2. The molecule has 2 aromatic carbocycles. The van der Waals surface area contributed by atoms with Crippen molar-refractivity contribution in [3.63, 3.8) is 0 Å². The van der Waals surface area contributed by atoms with Crippen LogP contribution in [-0.2, 0) is 4.79 Å². The third-order valence-corrected chi connectivity index (χ3v) is 4.57. The number of carbonyl (C=O) groups excluding carboxylic acids is 2. The van der Waals surface area contributed by atoms with Gasteiger partial charge in [0.25, 0.3) is 5.91 Å². The van der Waals surface area contributed by atoms with E-state index < -0.39 is 0 Å². The quantitative estimate of drug-likeness (QED) is 0.759. The molecule has 1 heterocycles. The van der Waals surface area contributed by atoms with E-state index >= 15 is 0 Å². The third kappa shape index (κ3) is 5.39. The molecular formula is C21H25N3O3. The first-order valence-electron chi connectivity index (χ1n) is 9.18. The van der Waals surface area contributed by atoms with E-state index in [1.54, 1.807) is 24.3 Å². The molecule has 2 aromatic rings. The Labute approximate surface area is 159 Å². The molecule has 0 saturated carbocycles. The number of para-hydroxylation sites is 1. The van der Waals surface area contributed by atoms with Crippen molar-refractivity contribution in [2.45, 2.75) is 25.9 Å². The zero-order valence-electron chi connectivity index (χ0n) is 15.4. The van der Waals surface area contributed by atoms with E-state index in [-0.39, 0.29) is 24.5 Å². The van der Waals surface area contributed by atoms with E-state index in [0.717, 1.165) is 24.9 Å². The molecule has 1 aliphatic rings. The highest BCUT2D eigenvalue weighted by atomic mass is 16.3. The predicted molar refractivity (Wildman–Crippen MR) is 106 cm³/mol. The molecular weight excluding hydrogens is 342 g/mol. The Morgan fingerprint density at radius 2 is 1.96 bits per heavy atom. The average Bonchev–Trinajstić information content (AvgIpc) is 2.62. The monoisotopic (exact) mass is 367 g/mol. The molecule has 1 unspecified atom stereocenters. The van der Waals surface area contributed by atoms with Gasteiger partial charge >= 0.3 is 0 Å². The molecule has 27 heavy (non-hydrogen) atoms. The minimum atomic E-state index is -0.376. The summed E-state index contributed by atoms with van der Waals surface area (Å²) in [6.45, 7) is 3.45. The number of rotatable bonds is 5. The molecule has 0 aromatic heterocycles. The first-order valence-corrected chi connectivity index (χ1v) is 9.18. The Balaban J connectivity index is 1.66. The van der Waals surface area contributed by atoms with Gasteiger partial charge in [-0.25, -0.2) is 0 Å². The van der Waals surface area contributed by atoms with Crippen LogP contribution in [0.1, 0.15) is 28.8 Å². The van der Waals surface area contributed by atoms with Crippen LogP contribution in [0.25, 0.3) is 0 Å². The van der Waals surface area contributed by atoms with Crippen LogP contribution in [0.3, 0.4) is 0 Å². The number of β-amino-alcohol motifs (C(OH)–C–C–N with tert-alkyl or cyclic N) is 1. The van der Waals surface area contributed by atoms with Crippen LogP contribution in [0.2, 0.25) is 0 Å². The molecule has 1 aliphatic heterocycles. The molecule has 6 nitrogen and oxygen atoms in total. The van der Waals surface area contributed by atoms with Gasteiger partial charge in [-0.15, -0.1) is 0 Å². The number of nitrogens with zero attached hydrogens (tertiary/aromatic N) is 1. The van der Waals surface area contributed by atoms with Crippen LogP contribution in [0.4, 0.5) is 11.4 Å². The van der Waals surface area contributed by atoms with Crippen LogP contribution < -0.4 is 10.6 Å². The second-order valence-corrected chi connectivity index (χ2v) is 6.95. The van der Waals surface area contributed by atoms with Crippen molar-refractivity contribution in [2.24, 2.45) is 0 Å². The van der Waals surface area contributed by atoms with Crippen LogP contribution >= 0.6 is 0 Å². The fourth-order valence-corrected chi connectivity index (χ4v) is 3.28. The molecule has 1 saturated heterocycles. The Morgan fingerprint density at radius 3 is 2.74 bits per heavy atom. The number of hydrogen-bond donors (Lipinski definition) is 3. The van der Waals surface area contributed by atoms with Crippen molar-refractivity contribution in [1.82, 2.24) is 4.90 Å². The number of carbonyl (C=O) groups is 2. The van der Waals surface area contributed by atoms with Gasteiger partial charge < -0.3 is 15.7 Å². The van der Waals surface area contributed by atoms with Crippen molar-refractivity contribution in [2.75, 3.05) is 30.3 Å². The summed E-state index contributed by atoms with van der Waals surface area (Å²) >= 11 is 0. The number of amides is 2. The maximum Gasteiger partial charge on any atom is 0.257 e. The number of piperidine rings is 1. The molecule has 0 aliphatic carbocycles. The minimum absolute atomic E-state index is 0.195. The summed E-state index contributed by atoms with van der Waals surface area (Å²) in [6, 6.07) is 14.5. The molecule has 6 heteroatoms. The van der Waals surface area contributed by atoms with Gasteiger partial charge in [0, 0.05) is 12.2 Å². The average molecular weight is 367 g/mol. The van der Waals surface area contributed by atoms with Gasteiger partial charge in [0.2, 0.25) is 5.91 Å². The summed E-state index contributed by atoms with van der Waals surface area (Å²) in [6.07, 6.45) is 1.28. The Hall–Kier alpha value is -2.70. The van der Waals surface area contributed by atoms with Crippen LogP contribution in [0.15, 0.2) is 48.5 Å². The van der Waals surface area contributed by atoms with Crippen molar-refractivity contribution in [3.8, 4) is 0 Å². The van der Waals surface area contributed by atoms with E-state index in [2.05, 4.69) is 10.6 Å². The molecule has 0 bridgehead atoms. The fourth-order valence-electron chi connectivity index (χ4n) is 3.28. The maximum absolute atomic E-state index is 12.7. The largest absolute Gasteiger partial charge is 0.392 e. The van der Waals surface area contributed by atoms with Crippen molar-refractivity contribution < 1.29 is 14.7 Å². The second-order valence-electron chi connectivity index (χ2n) is 6.95. The molecule has 142 valence electrons. The number of nitrogens with one attached hydrogen (secondary N) is 2. The van der Waals surface area contributed by atoms with E-state index in [1.807, 2.05) is 36.1 Å². The standard InChI is InChI=1S/C21H25N3O3/c1-15-6-4-7-16(12-15)22-21(27)18-9-2-3-10-19(18)23-20(26)14-24-11-5-8-17(25)13-24/h2-4,6-7,9-10,12,17,25H,5,8,11,13-14H2,1H3,(H,22,27)(H,23,26). The van der Waals surface area contributed by atoms with Crippen molar-refractivity contribution in [1.29, 1.82) is 0 Å². The Bertz CT molecular complexity index is 822. The fraction of sp³-hybridized carbons (Fsp3) is 0.333. The van der Waals surface area contributed by atoms with Crippen LogP contribution in [0, 0.1) is 6.92 Å². The lowest BCUT2D eigenvalue weighted by Gasteiger charge is -2.29. The molecule has 0 radical (unpaired) electrons. The van der Waals surface area contributed by atoms with Gasteiger partial charge in [0.1, 0.15) is 0 Å². The lowest BCUT2D eigenvalue weighted by molar-refractivity contribution is -0.118. The molecule has 1 atom stereocenters. The number of hydrogen-bond acceptors (Lipinski definition) is 4. The maximum atomic E-state index is 12.7. The third-order valence-electron chi connectivity index (χ3n) is 4.57.